The molecule has 4 nitrogen and oxygen atoms in total. The highest BCUT2D eigenvalue weighted by molar-refractivity contribution is 9.10. The van der Waals surface area contributed by atoms with Crippen molar-refractivity contribution in [3.05, 3.63) is 28.7 Å². The van der Waals surface area contributed by atoms with Crippen LogP contribution in [0.2, 0.25) is 0 Å². The molecule has 0 bridgehead atoms. The van der Waals surface area contributed by atoms with Crippen LogP contribution < -0.4 is 4.74 Å². The molecule has 5 heteroatoms. The van der Waals surface area contributed by atoms with Crippen LogP contribution in [0.5, 0.6) is 5.75 Å². The monoisotopic (exact) mass is 330 g/mol. The van der Waals surface area contributed by atoms with Crippen LogP contribution in [0.3, 0.4) is 0 Å². The summed E-state index contributed by atoms with van der Waals surface area (Å²) in [6.07, 6.45) is 1.75. The summed E-state index contributed by atoms with van der Waals surface area (Å²) in [5.74, 6) is 0.600. The molecule has 0 radical (unpaired) electrons. The zero-order valence-electron chi connectivity index (χ0n) is 11.1. The highest BCUT2D eigenvalue weighted by Crippen LogP contribution is 2.23. The Labute approximate surface area is 122 Å². The lowest BCUT2D eigenvalue weighted by molar-refractivity contribution is -0.144. The predicted molar refractivity (Wildman–Crippen MR) is 76.3 cm³/mol. The summed E-state index contributed by atoms with van der Waals surface area (Å²) in [5.41, 5.74) is 0. The molecule has 0 amide bonds. The molecule has 0 aliphatic carbocycles. The summed E-state index contributed by atoms with van der Waals surface area (Å²) >= 11 is 3.40. The van der Waals surface area contributed by atoms with Crippen LogP contribution in [-0.2, 0) is 14.3 Å². The van der Waals surface area contributed by atoms with Crippen LogP contribution in [0.15, 0.2) is 28.7 Å². The summed E-state index contributed by atoms with van der Waals surface area (Å²) in [5, 5.41) is 0. The Hall–Kier alpha value is -1.07. The quantitative estimate of drug-likeness (QED) is 0.515. The van der Waals surface area contributed by atoms with Crippen LogP contribution in [0.4, 0.5) is 0 Å². The Balaban J connectivity index is 2.07. The van der Waals surface area contributed by atoms with Crippen LogP contribution in [0, 0.1) is 0 Å². The minimum atomic E-state index is -0.188. The van der Waals surface area contributed by atoms with Crippen LogP contribution in [0.25, 0.3) is 0 Å². The summed E-state index contributed by atoms with van der Waals surface area (Å²) in [6, 6.07) is 7.63. The number of esters is 1. The molecule has 0 saturated heterocycles. The predicted octanol–water partition coefficient (Wildman–Crippen LogP) is 3.19. The van der Waals surface area contributed by atoms with Crippen molar-refractivity contribution in [3.8, 4) is 5.75 Å². The third-order valence-corrected chi connectivity index (χ3v) is 3.03. The average molecular weight is 331 g/mol. The van der Waals surface area contributed by atoms with Crippen LogP contribution >= 0.6 is 15.9 Å². The lowest BCUT2D eigenvalue weighted by Crippen LogP contribution is -2.09. The Bertz CT molecular complexity index is 381. The largest absolute Gasteiger partial charge is 0.492 e. The molecule has 1 aromatic rings. The Morgan fingerprint density at radius 2 is 1.95 bits per heavy atom. The SMILES string of the molecule is COCCCOC(=O)CCCOc1ccccc1Br. The van der Waals surface area contributed by atoms with E-state index in [-0.39, 0.29) is 5.97 Å². The zero-order valence-corrected chi connectivity index (χ0v) is 12.6. The van der Waals surface area contributed by atoms with Gasteiger partial charge in [-0.25, -0.2) is 0 Å². The van der Waals surface area contributed by atoms with E-state index in [0.717, 1.165) is 16.6 Å². The van der Waals surface area contributed by atoms with Crippen molar-refractivity contribution in [3.63, 3.8) is 0 Å². The first kappa shape index (κ1) is 16.0. The van der Waals surface area contributed by atoms with Crippen molar-refractivity contribution in [1.29, 1.82) is 0 Å². The highest BCUT2D eigenvalue weighted by atomic mass is 79.9. The molecular weight excluding hydrogens is 312 g/mol. The highest BCUT2D eigenvalue weighted by Gasteiger charge is 2.04. The molecule has 0 heterocycles. The number of methoxy groups -OCH3 is 1. The van der Waals surface area contributed by atoms with E-state index in [0.29, 0.717) is 32.7 Å². The van der Waals surface area contributed by atoms with Gasteiger partial charge in [0, 0.05) is 26.6 Å². The van der Waals surface area contributed by atoms with E-state index < -0.39 is 0 Å². The van der Waals surface area contributed by atoms with E-state index in [1.807, 2.05) is 24.3 Å². The number of halogens is 1. The number of benzene rings is 1. The van der Waals surface area contributed by atoms with Crippen molar-refractivity contribution >= 4 is 21.9 Å². The van der Waals surface area contributed by atoms with Gasteiger partial charge in [0.25, 0.3) is 0 Å². The first-order chi connectivity index (χ1) is 9.24. The van der Waals surface area contributed by atoms with E-state index in [1.165, 1.54) is 0 Å². The van der Waals surface area contributed by atoms with E-state index in [4.69, 9.17) is 14.2 Å². The van der Waals surface area contributed by atoms with Gasteiger partial charge < -0.3 is 14.2 Å². The van der Waals surface area contributed by atoms with Crippen LogP contribution in [-0.4, -0.2) is 32.9 Å². The third kappa shape index (κ3) is 7.18. The standard InChI is InChI=1S/C14H19BrO4/c1-17-9-5-11-19-14(16)8-4-10-18-13-7-3-2-6-12(13)15/h2-3,6-7H,4-5,8-11H2,1H3. The second-order valence-corrected chi connectivity index (χ2v) is 4.80. The van der Waals surface area contributed by atoms with Crippen molar-refractivity contribution < 1.29 is 19.0 Å². The van der Waals surface area contributed by atoms with Gasteiger partial charge in [0.2, 0.25) is 0 Å². The first-order valence-corrected chi connectivity index (χ1v) is 7.05. The van der Waals surface area contributed by atoms with Crippen molar-refractivity contribution in [1.82, 2.24) is 0 Å². The maximum atomic E-state index is 11.4. The summed E-state index contributed by atoms with van der Waals surface area (Å²) < 4.78 is 16.4. The molecule has 0 N–H and O–H groups in total. The Kier molecular flexibility index (Phi) is 8.25. The summed E-state index contributed by atoms with van der Waals surface area (Å²) in [6.45, 7) is 1.52. The molecule has 0 aromatic heterocycles. The van der Waals surface area contributed by atoms with Gasteiger partial charge in [0.15, 0.2) is 0 Å². The number of carbonyl (C=O) groups is 1. The number of rotatable bonds is 9. The molecule has 0 saturated carbocycles. The molecule has 1 aromatic carbocycles. The van der Waals surface area contributed by atoms with Gasteiger partial charge in [0.1, 0.15) is 5.75 Å². The average Bonchev–Trinajstić information content (AvgIpc) is 2.41. The van der Waals surface area contributed by atoms with Crippen LogP contribution in [0.1, 0.15) is 19.3 Å². The lowest BCUT2D eigenvalue weighted by atomic mass is 10.3. The van der Waals surface area contributed by atoms with Gasteiger partial charge >= 0.3 is 5.97 Å². The molecule has 19 heavy (non-hydrogen) atoms. The summed E-state index contributed by atoms with van der Waals surface area (Å²) in [7, 11) is 1.63. The summed E-state index contributed by atoms with van der Waals surface area (Å²) in [4.78, 5) is 11.4. The molecule has 1 rings (SSSR count). The second-order valence-electron chi connectivity index (χ2n) is 3.95. The van der Waals surface area contributed by atoms with E-state index in [1.54, 1.807) is 7.11 Å². The van der Waals surface area contributed by atoms with Gasteiger partial charge in [-0.05, 0) is 34.5 Å². The lowest BCUT2D eigenvalue weighted by Gasteiger charge is -2.08. The fourth-order valence-electron chi connectivity index (χ4n) is 1.42. The smallest absolute Gasteiger partial charge is 0.305 e. The fourth-order valence-corrected chi connectivity index (χ4v) is 1.82. The normalized spacial score (nSPS) is 10.2. The fraction of sp³-hybridized carbons (Fsp3) is 0.500. The molecular formula is C14H19BrO4. The molecule has 0 spiro atoms. The molecule has 0 fully saturated rings. The maximum Gasteiger partial charge on any atom is 0.305 e. The van der Waals surface area contributed by atoms with Gasteiger partial charge in [-0.2, -0.15) is 0 Å². The van der Waals surface area contributed by atoms with Gasteiger partial charge in [-0.15, -0.1) is 0 Å². The molecule has 106 valence electrons. The maximum absolute atomic E-state index is 11.4. The van der Waals surface area contributed by atoms with Crippen molar-refractivity contribution in [2.24, 2.45) is 0 Å². The number of ether oxygens (including phenoxy) is 3. The van der Waals surface area contributed by atoms with E-state index in [2.05, 4.69) is 15.9 Å². The number of hydrogen-bond acceptors (Lipinski definition) is 4. The van der Waals surface area contributed by atoms with Crippen molar-refractivity contribution in [2.75, 3.05) is 26.9 Å². The molecule has 0 aliphatic heterocycles. The minimum absolute atomic E-state index is 0.188. The van der Waals surface area contributed by atoms with Gasteiger partial charge in [0.05, 0.1) is 17.7 Å². The topological polar surface area (TPSA) is 44.8 Å². The number of carbonyl (C=O) groups excluding carboxylic acids is 1. The first-order valence-electron chi connectivity index (χ1n) is 6.26. The van der Waals surface area contributed by atoms with E-state index in [9.17, 15) is 4.79 Å². The third-order valence-electron chi connectivity index (χ3n) is 2.38. The second kappa shape index (κ2) is 9.81. The molecule has 0 atom stereocenters. The van der Waals surface area contributed by atoms with Gasteiger partial charge in [-0.1, -0.05) is 12.1 Å². The minimum Gasteiger partial charge on any atom is -0.492 e. The van der Waals surface area contributed by atoms with Crippen molar-refractivity contribution in [2.45, 2.75) is 19.3 Å². The molecule has 0 aliphatic rings. The Morgan fingerprint density at radius 3 is 2.68 bits per heavy atom. The van der Waals surface area contributed by atoms with E-state index >= 15 is 0 Å². The van der Waals surface area contributed by atoms with Gasteiger partial charge in [-0.3, -0.25) is 4.79 Å². The molecule has 0 unspecified atom stereocenters. The number of hydrogen-bond donors (Lipinski definition) is 0. The zero-order chi connectivity index (χ0) is 13.9. The number of para-hydroxylation sites is 1. The Morgan fingerprint density at radius 1 is 1.16 bits per heavy atom.